The van der Waals surface area contributed by atoms with E-state index < -0.39 is 11.9 Å². The Morgan fingerprint density at radius 1 is 0.429 bits per heavy atom. The highest BCUT2D eigenvalue weighted by Gasteiger charge is 2.14. The molecule has 0 aliphatic rings. The van der Waals surface area contributed by atoms with E-state index in [9.17, 15) is 9.59 Å². The molecule has 0 spiro atoms. The zero-order valence-corrected chi connectivity index (χ0v) is 27.8. The Hall–Kier alpha value is -5.10. The molecule has 4 aromatic carbocycles. The molecule has 0 aliphatic heterocycles. The predicted octanol–water partition coefficient (Wildman–Crippen LogP) is 5.93. The molecule has 0 fully saturated rings. The Labute approximate surface area is 286 Å². The number of methoxy groups -OCH3 is 2. The zero-order chi connectivity index (χ0) is 34.5. The molecule has 4 aromatic rings. The summed E-state index contributed by atoms with van der Waals surface area (Å²) in [6, 6.07) is 29.4. The molecule has 49 heavy (non-hydrogen) atoms. The van der Waals surface area contributed by atoms with Crippen LogP contribution in [0.2, 0.25) is 0 Å². The van der Waals surface area contributed by atoms with Crippen molar-refractivity contribution in [2.75, 3.05) is 67.1 Å². The van der Waals surface area contributed by atoms with Crippen LogP contribution in [0.1, 0.15) is 31.8 Å². The van der Waals surface area contributed by atoms with E-state index in [4.69, 9.17) is 42.6 Å². The number of carbonyl (C=O) groups is 2. The molecular formula is C38H42O11. The maximum Gasteiger partial charge on any atom is 0.337 e. The topological polar surface area (TPSA) is 117 Å². The Balaban J connectivity index is 1.09. The number of hydrogen-bond donors (Lipinski definition) is 0. The first kappa shape index (κ1) is 36.7. The molecule has 0 N–H and O–H groups in total. The lowest BCUT2D eigenvalue weighted by Gasteiger charge is -2.14. The van der Waals surface area contributed by atoms with Gasteiger partial charge in [0, 0.05) is 0 Å². The maximum atomic E-state index is 12.0. The minimum Gasteiger partial charge on any atom is -0.487 e. The molecule has 0 unspecified atom stereocenters. The molecule has 0 saturated heterocycles. The van der Waals surface area contributed by atoms with Gasteiger partial charge < -0.3 is 42.6 Å². The summed E-state index contributed by atoms with van der Waals surface area (Å²) in [7, 11) is 2.66. The summed E-state index contributed by atoms with van der Waals surface area (Å²) in [4.78, 5) is 24.0. The minimum atomic E-state index is -0.465. The van der Waals surface area contributed by atoms with Crippen LogP contribution >= 0.6 is 0 Å². The summed E-state index contributed by atoms with van der Waals surface area (Å²) in [5.74, 6) is 0.938. The van der Waals surface area contributed by atoms with Crippen molar-refractivity contribution in [2.24, 2.45) is 0 Å². The van der Waals surface area contributed by atoms with Crippen LogP contribution in [-0.2, 0) is 36.9 Å². The Bertz CT molecular complexity index is 1440. The van der Waals surface area contributed by atoms with Crippen molar-refractivity contribution in [1.29, 1.82) is 0 Å². The average molecular weight is 675 g/mol. The third-order valence-electron chi connectivity index (χ3n) is 6.92. The van der Waals surface area contributed by atoms with Gasteiger partial charge in [-0.05, 0) is 47.5 Å². The summed E-state index contributed by atoms with van der Waals surface area (Å²) in [6.07, 6.45) is 0. The minimum absolute atomic E-state index is 0.247. The van der Waals surface area contributed by atoms with Gasteiger partial charge in [0.1, 0.15) is 26.4 Å². The van der Waals surface area contributed by atoms with Crippen molar-refractivity contribution in [3.8, 4) is 23.0 Å². The van der Waals surface area contributed by atoms with E-state index in [1.54, 1.807) is 36.4 Å². The first-order valence-corrected chi connectivity index (χ1v) is 15.8. The summed E-state index contributed by atoms with van der Waals surface area (Å²) in [5.41, 5.74) is 2.74. The van der Waals surface area contributed by atoms with E-state index in [0.717, 1.165) is 11.1 Å². The van der Waals surface area contributed by atoms with Gasteiger partial charge in [-0.15, -0.1) is 0 Å². The van der Waals surface area contributed by atoms with Gasteiger partial charge in [-0.1, -0.05) is 60.7 Å². The zero-order valence-electron chi connectivity index (χ0n) is 27.8. The van der Waals surface area contributed by atoms with E-state index in [1.807, 2.05) is 60.7 Å². The smallest absolute Gasteiger partial charge is 0.337 e. The maximum absolute atomic E-state index is 12.0. The molecule has 11 nitrogen and oxygen atoms in total. The molecular weight excluding hydrogens is 632 g/mol. The summed E-state index contributed by atoms with van der Waals surface area (Å²) < 4.78 is 50.1. The molecule has 0 atom stereocenters. The first-order chi connectivity index (χ1) is 24.1. The lowest BCUT2D eigenvalue weighted by atomic mass is 10.2. The SMILES string of the molecule is COC(=O)c1ccc(OCc2ccccc2)c(OCCOCCOCCOCCOc2cc(C(=O)OC)ccc2OCc2ccccc2)c1. The molecule has 0 radical (unpaired) electrons. The molecule has 0 aromatic heterocycles. The van der Waals surface area contributed by atoms with Crippen molar-refractivity contribution in [1.82, 2.24) is 0 Å². The first-order valence-electron chi connectivity index (χ1n) is 15.8. The van der Waals surface area contributed by atoms with Crippen LogP contribution in [-0.4, -0.2) is 79.0 Å². The van der Waals surface area contributed by atoms with Crippen molar-refractivity contribution in [3.05, 3.63) is 119 Å². The van der Waals surface area contributed by atoms with Gasteiger partial charge in [0.15, 0.2) is 23.0 Å². The third-order valence-corrected chi connectivity index (χ3v) is 6.92. The standard InChI is InChI=1S/C38H42O11/c1-41-37(39)31-13-15-33(48-27-29-9-5-3-6-10-29)35(25-31)46-23-21-44-19-17-43-18-20-45-22-24-47-36-26-32(38(40)42-2)14-16-34(36)49-28-30-11-7-4-8-12-30/h3-16,25-26H,17-24,27-28H2,1-2H3. The van der Waals surface area contributed by atoms with Crippen LogP contribution in [0.15, 0.2) is 97.1 Å². The van der Waals surface area contributed by atoms with Crippen molar-refractivity contribution < 1.29 is 52.2 Å². The highest BCUT2D eigenvalue weighted by Crippen LogP contribution is 2.31. The average Bonchev–Trinajstić information content (AvgIpc) is 3.15. The van der Waals surface area contributed by atoms with Gasteiger partial charge in [0.2, 0.25) is 0 Å². The number of rotatable bonds is 22. The highest BCUT2D eigenvalue weighted by atomic mass is 16.6. The lowest BCUT2D eigenvalue weighted by molar-refractivity contribution is 0.00471. The van der Waals surface area contributed by atoms with Crippen LogP contribution in [0.5, 0.6) is 23.0 Å². The number of hydrogen-bond acceptors (Lipinski definition) is 11. The van der Waals surface area contributed by atoms with Gasteiger partial charge in [-0.3, -0.25) is 0 Å². The summed E-state index contributed by atoms with van der Waals surface area (Å²) >= 11 is 0. The normalized spacial score (nSPS) is 10.7. The van der Waals surface area contributed by atoms with Gasteiger partial charge in [0.25, 0.3) is 0 Å². The number of benzene rings is 4. The Morgan fingerprint density at radius 2 is 0.796 bits per heavy atom. The molecule has 0 aliphatic carbocycles. The van der Waals surface area contributed by atoms with E-state index in [1.165, 1.54) is 14.2 Å². The molecule has 0 saturated carbocycles. The van der Waals surface area contributed by atoms with Gasteiger partial charge >= 0.3 is 11.9 Å². The largest absolute Gasteiger partial charge is 0.487 e. The van der Waals surface area contributed by atoms with Gasteiger partial charge in [0.05, 0.1) is 65.0 Å². The second kappa shape index (κ2) is 21.0. The molecule has 0 bridgehead atoms. The quantitative estimate of drug-likeness (QED) is 0.0730. The predicted molar refractivity (Wildman–Crippen MR) is 181 cm³/mol. The van der Waals surface area contributed by atoms with Crippen molar-refractivity contribution >= 4 is 11.9 Å². The van der Waals surface area contributed by atoms with E-state index in [-0.39, 0.29) is 13.2 Å². The molecule has 260 valence electrons. The van der Waals surface area contributed by atoms with Crippen LogP contribution in [0, 0.1) is 0 Å². The van der Waals surface area contributed by atoms with E-state index in [2.05, 4.69) is 0 Å². The number of ether oxygens (including phenoxy) is 9. The molecule has 4 rings (SSSR count). The van der Waals surface area contributed by atoms with Gasteiger partial charge in [-0.2, -0.15) is 0 Å². The van der Waals surface area contributed by atoms with E-state index in [0.29, 0.717) is 87.0 Å². The van der Waals surface area contributed by atoms with Crippen LogP contribution in [0.25, 0.3) is 0 Å². The van der Waals surface area contributed by atoms with Crippen LogP contribution < -0.4 is 18.9 Å². The monoisotopic (exact) mass is 674 g/mol. The summed E-state index contributed by atoms with van der Waals surface area (Å²) in [6.45, 7) is 3.33. The second-order valence-corrected chi connectivity index (χ2v) is 10.4. The fourth-order valence-corrected chi connectivity index (χ4v) is 4.40. The molecule has 0 heterocycles. The van der Waals surface area contributed by atoms with Crippen molar-refractivity contribution in [3.63, 3.8) is 0 Å². The Kier molecular flexibility index (Phi) is 15.7. The second-order valence-electron chi connectivity index (χ2n) is 10.4. The van der Waals surface area contributed by atoms with Crippen LogP contribution in [0.3, 0.4) is 0 Å². The summed E-state index contributed by atoms with van der Waals surface area (Å²) in [5, 5.41) is 0. The van der Waals surface area contributed by atoms with Crippen LogP contribution in [0.4, 0.5) is 0 Å². The number of esters is 2. The third kappa shape index (κ3) is 12.8. The van der Waals surface area contributed by atoms with Crippen molar-refractivity contribution in [2.45, 2.75) is 13.2 Å². The highest BCUT2D eigenvalue weighted by molar-refractivity contribution is 5.90. The van der Waals surface area contributed by atoms with Gasteiger partial charge in [-0.25, -0.2) is 9.59 Å². The fraction of sp³-hybridized carbons (Fsp3) is 0.316. The molecule has 0 amide bonds. The lowest BCUT2D eigenvalue weighted by Crippen LogP contribution is -2.14. The van der Waals surface area contributed by atoms with E-state index >= 15 is 0 Å². The number of carbonyl (C=O) groups excluding carboxylic acids is 2. The fourth-order valence-electron chi connectivity index (χ4n) is 4.40. The Morgan fingerprint density at radius 3 is 1.16 bits per heavy atom. The molecule has 11 heteroatoms.